The molecule has 8 atom stereocenters. The number of rotatable bonds is 5. The van der Waals surface area contributed by atoms with Crippen LogP contribution in [0.3, 0.4) is 0 Å². The molecular weight excluding hydrogens is 550 g/mol. The van der Waals surface area contributed by atoms with Gasteiger partial charge in [0.05, 0.1) is 12.6 Å². The van der Waals surface area contributed by atoms with Gasteiger partial charge in [0.25, 0.3) is 5.56 Å². The molecule has 0 aromatic carbocycles. The third kappa shape index (κ3) is 3.68. The van der Waals surface area contributed by atoms with Crippen molar-refractivity contribution in [3.63, 3.8) is 0 Å². The van der Waals surface area contributed by atoms with E-state index in [1.807, 2.05) is 0 Å². The fraction of sp³-hybridized carbons (Fsp3) is 0.613. The Morgan fingerprint density at radius 1 is 1.24 bits per heavy atom. The number of alkyl halides is 1. The van der Waals surface area contributed by atoms with Crippen LogP contribution in [-0.4, -0.2) is 62.8 Å². The smallest absolute Gasteiger partial charge is 0.303 e. The Hall–Kier alpha value is -3.02. The molecule has 42 heavy (non-hydrogen) atoms. The van der Waals surface area contributed by atoms with E-state index in [0.717, 1.165) is 0 Å². The van der Waals surface area contributed by atoms with E-state index in [-0.39, 0.29) is 49.3 Å². The summed E-state index contributed by atoms with van der Waals surface area (Å²) in [6, 6.07) is 3.41. The molecule has 1 saturated heterocycles. The summed E-state index contributed by atoms with van der Waals surface area (Å²) in [6.07, 6.45) is 2.28. The summed E-state index contributed by atoms with van der Waals surface area (Å²) in [4.78, 5) is 57.1. The number of esters is 1. The lowest BCUT2D eigenvalue weighted by atomic mass is 9.45. The highest BCUT2D eigenvalue weighted by Crippen LogP contribution is 2.72. The van der Waals surface area contributed by atoms with Gasteiger partial charge in [-0.05, 0) is 43.4 Å². The first-order valence-electron chi connectivity index (χ1n) is 14.4. The predicted molar refractivity (Wildman–Crippen MR) is 145 cm³/mol. The number of fused-ring (bicyclic) bond motifs is 7. The van der Waals surface area contributed by atoms with E-state index in [0.29, 0.717) is 12.0 Å². The maximum absolute atomic E-state index is 17.6. The Morgan fingerprint density at radius 2 is 1.98 bits per heavy atom. The molecule has 1 aliphatic heterocycles. The van der Waals surface area contributed by atoms with E-state index < -0.39 is 70.1 Å². The van der Waals surface area contributed by atoms with Crippen LogP contribution in [0.25, 0.3) is 0 Å². The van der Waals surface area contributed by atoms with Gasteiger partial charge in [0.2, 0.25) is 5.78 Å². The van der Waals surface area contributed by atoms with Gasteiger partial charge in [-0.3, -0.25) is 24.0 Å². The lowest BCUT2D eigenvalue weighted by molar-refractivity contribution is -0.267. The van der Waals surface area contributed by atoms with Crippen LogP contribution in [0.15, 0.2) is 46.7 Å². The van der Waals surface area contributed by atoms with Crippen molar-refractivity contribution in [3.8, 4) is 0 Å². The minimum Gasteiger partial charge on any atom is -0.458 e. The van der Waals surface area contributed by atoms with Crippen molar-refractivity contribution >= 4 is 17.5 Å². The summed E-state index contributed by atoms with van der Waals surface area (Å²) < 4.78 is 39.9. The number of aryl methyl sites for hydroxylation is 1. The standard InChI is InChI=1S/C31H36F2N2O7/c1-17(36)41-16-26(39)31-19(15-35(42-31)14-18-6-5-9-34(4)27(18)40)10-21-22-12-24(32)23-11-20(37)7-8-28(23,2)30(22,33)25(38)13-29(21,31)3/h5-9,19,21-22,25,38H,10-16H2,1-4H3/t19-,21-,22-,25-,28-,29-,30-,31-/m0/s1. The largest absolute Gasteiger partial charge is 0.458 e. The third-order valence-electron chi connectivity index (χ3n) is 11.1. The van der Waals surface area contributed by atoms with E-state index in [1.54, 1.807) is 44.3 Å². The summed E-state index contributed by atoms with van der Waals surface area (Å²) >= 11 is 0. The number of aromatic nitrogens is 1. The first-order valence-corrected chi connectivity index (χ1v) is 14.4. The van der Waals surface area contributed by atoms with E-state index in [9.17, 15) is 24.3 Å². The number of hydrogen-bond acceptors (Lipinski definition) is 8. The van der Waals surface area contributed by atoms with Crippen LogP contribution in [0.5, 0.6) is 0 Å². The molecule has 0 radical (unpaired) electrons. The van der Waals surface area contributed by atoms with Crippen molar-refractivity contribution in [2.24, 2.45) is 35.6 Å². The number of aliphatic hydroxyl groups excluding tert-OH is 1. The number of carbonyl (C=O) groups excluding carboxylic acids is 3. The Kier molecular flexibility index (Phi) is 6.57. The van der Waals surface area contributed by atoms with Crippen LogP contribution >= 0.6 is 0 Å². The number of Topliss-reactive ketones (excluding diaryl/α,β-unsaturated/α-hetero) is 1. The summed E-state index contributed by atoms with van der Waals surface area (Å²) in [5.41, 5.74) is -6.26. The van der Waals surface area contributed by atoms with Gasteiger partial charge in [-0.2, -0.15) is 5.06 Å². The van der Waals surface area contributed by atoms with Crippen molar-refractivity contribution in [3.05, 3.63) is 57.8 Å². The maximum atomic E-state index is 17.6. The average Bonchev–Trinajstić information content (AvgIpc) is 3.40. The number of pyridine rings is 1. The highest BCUT2D eigenvalue weighted by atomic mass is 19.1. The Bertz CT molecular complexity index is 1500. The van der Waals surface area contributed by atoms with Gasteiger partial charge in [0.15, 0.2) is 23.7 Å². The normalized spacial score (nSPS) is 40.8. The molecule has 0 unspecified atom stereocenters. The number of halogens is 2. The lowest BCUT2D eigenvalue weighted by Gasteiger charge is -2.62. The molecule has 4 aliphatic carbocycles. The lowest BCUT2D eigenvalue weighted by Crippen LogP contribution is -2.69. The van der Waals surface area contributed by atoms with Gasteiger partial charge in [-0.1, -0.05) is 19.1 Å². The molecule has 6 rings (SSSR count). The van der Waals surface area contributed by atoms with Crippen molar-refractivity contribution in [1.82, 2.24) is 9.63 Å². The fourth-order valence-electron chi connectivity index (χ4n) is 9.13. The number of aliphatic hydroxyl groups is 1. The molecule has 5 aliphatic rings. The van der Waals surface area contributed by atoms with E-state index >= 15 is 8.78 Å². The van der Waals surface area contributed by atoms with Crippen LogP contribution in [0, 0.1) is 28.6 Å². The zero-order valence-electron chi connectivity index (χ0n) is 24.2. The molecule has 0 spiro atoms. The molecule has 2 saturated carbocycles. The van der Waals surface area contributed by atoms with Crippen molar-refractivity contribution in [1.29, 1.82) is 0 Å². The molecule has 1 N–H and O–H groups in total. The van der Waals surface area contributed by atoms with Crippen LogP contribution in [0.4, 0.5) is 8.78 Å². The second-order valence-electron chi connectivity index (χ2n) is 13.1. The molecule has 0 amide bonds. The fourth-order valence-corrected chi connectivity index (χ4v) is 9.13. The number of ether oxygens (including phenoxy) is 1. The van der Waals surface area contributed by atoms with Crippen molar-refractivity contribution < 1.29 is 37.8 Å². The molecule has 2 heterocycles. The molecule has 1 aromatic rings. The molecule has 11 heteroatoms. The van der Waals surface area contributed by atoms with Crippen molar-refractivity contribution in [2.75, 3.05) is 13.2 Å². The topological polar surface area (TPSA) is 115 Å². The molecule has 3 fully saturated rings. The highest BCUT2D eigenvalue weighted by Gasteiger charge is 2.79. The first-order chi connectivity index (χ1) is 19.7. The van der Waals surface area contributed by atoms with Crippen LogP contribution in [0.1, 0.15) is 52.0 Å². The summed E-state index contributed by atoms with van der Waals surface area (Å²) in [5, 5.41) is 13.2. The molecule has 1 aromatic heterocycles. The number of ketones is 2. The number of allylic oxidation sites excluding steroid dienone is 4. The van der Waals surface area contributed by atoms with Crippen LogP contribution in [0.2, 0.25) is 0 Å². The predicted octanol–water partition coefficient (Wildman–Crippen LogP) is 2.90. The zero-order valence-corrected chi connectivity index (χ0v) is 24.2. The molecule has 9 nitrogen and oxygen atoms in total. The van der Waals surface area contributed by atoms with E-state index in [2.05, 4.69) is 0 Å². The Morgan fingerprint density at radius 3 is 2.69 bits per heavy atom. The SMILES string of the molecule is CC(=O)OCC(=O)[C@@]12ON(Cc3cccn(C)c3=O)C[C@@H]1C[C@H]1[C@@H]3CC(F)=C4CC(=O)C=C[C@]4(C)[C@@]3(F)[C@@H](O)C[C@@]12C. The van der Waals surface area contributed by atoms with Gasteiger partial charge in [0.1, 0.15) is 5.83 Å². The quantitative estimate of drug-likeness (QED) is 0.524. The maximum Gasteiger partial charge on any atom is 0.303 e. The van der Waals surface area contributed by atoms with Gasteiger partial charge in [0, 0.05) is 67.8 Å². The highest BCUT2D eigenvalue weighted by molar-refractivity contribution is 5.94. The van der Waals surface area contributed by atoms with E-state index in [1.165, 1.54) is 23.6 Å². The van der Waals surface area contributed by atoms with Gasteiger partial charge in [-0.25, -0.2) is 8.78 Å². The zero-order chi connectivity index (χ0) is 30.4. The minimum atomic E-state index is -2.28. The second-order valence-corrected chi connectivity index (χ2v) is 13.1. The summed E-state index contributed by atoms with van der Waals surface area (Å²) in [6.45, 7) is 4.25. The number of nitrogens with zero attached hydrogens (tertiary/aromatic N) is 2. The number of hydroxylamine groups is 2. The second kappa shape index (κ2) is 9.49. The first kappa shape index (κ1) is 29.1. The third-order valence-corrected chi connectivity index (χ3v) is 11.1. The monoisotopic (exact) mass is 586 g/mol. The Labute approximate surface area is 242 Å². The van der Waals surface area contributed by atoms with Crippen LogP contribution < -0.4 is 5.56 Å². The van der Waals surface area contributed by atoms with Crippen molar-refractivity contribution in [2.45, 2.75) is 70.4 Å². The van der Waals surface area contributed by atoms with Crippen LogP contribution in [-0.2, 0) is 37.6 Å². The molecule has 226 valence electrons. The average molecular weight is 587 g/mol. The van der Waals surface area contributed by atoms with E-state index in [4.69, 9.17) is 9.57 Å². The van der Waals surface area contributed by atoms with Gasteiger partial charge in [-0.15, -0.1) is 0 Å². The number of carbonyl (C=O) groups is 3. The summed E-state index contributed by atoms with van der Waals surface area (Å²) in [5.74, 6) is -4.10. The Balaban J connectivity index is 1.42. The van der Waals surface area contributed by atoms with Gasteiger partial charge >= 0.3 is 5.97 Å². The van der Waals surface area contributed by atoms with Gasteiger partial charge < -0.3 is 14.4 Å². The minimum absolute atomic E-state index is 0.0714. The number of hydrogen-bond donors (Lipinski definition) is 1. The summed E-state index contributed by atoms with van der Waals surface area (Å²) in [7, 11) is 1.63. The molecular formula is C31H36F2N2O7. The molecule has 0 bridgehead atoms.